The van der Waals surface area contributed by atoms with E-state index in [1.54, 1.807) is 0 Å². The Labute approximate surface area is 102 Å². The van der Waals surface area contributed by atoms with E-state index in [1.165, 1.54) is 18.5 Å². The third-order valence-electron chi connectivity index (χ3n) is 2.71. The maximum Gasteiger partial charge on any atom is 0.152 e. The lowest BCUT2D eigenvalue weighted by Gasteiger charge is -2.02. The summed E-state index contributed by atoms with van der Waals surface area (Å²) >= 11 is 3.45. The van der Waals surface area contributed by atoms with Gasteiger partial charge >= 0.3 is 0 Å². The number of hydrogen-bond donors (Lipinski definition) is 2. The summed E-state index contributed by atoms with van der Waals surface area (Å²) in [6, 6.07) is 10.2. The smallest absolute Gasteiger partial charge is 0.152 e. The fourth-order valence-electron chi connectivity index (χ4n) is 1.72. The second kappa shape index (κ2) is 3.94. The molecule has 16 heavy (non-hydrogen) atoms. The molecule has 0 saturated heterocycles. The predicted molar refractivity (Wildman–Crippen MR) is 68.0 cm³/mol. The van der Waals surface area contributed by atoms with Crippen LogP contribution in [-0.4, -0.2) is 10.2 Å². The van der Waals surface area contributed by atoms with E-state index < -0.39 is 0 Å². The van der Waals surface area contributed by atoms with Crippen LogP contribution in [0.25, 0.3) is 0 Å². The number of aromatic nitrogens is 2. The van der Waals surface area contributed by atoms with Crippen molar-refractivity contribution >= 4 is 27.4 Å². The van der Waals surface area contributed by atoms with Crippen LogP contribution in [0.4, 0.5) is 11.5 Å². The number of nitrogens with one attached hydrogen (secondary N) is 2. The van der Waals surface area contributed by atoms with Gasteiger partial charge in [-0.05, 0) is 31.0 Å². The maximum atomic E-state index is 4.25. The van der Waals surface area contributed by atoms with Crippen molar-refractivity contribution in [3.63, 3.8) is 0 Å². The van der Waals surface area contributed by atoms with Gasteiger partial charge in [0, 0.05) is 27.8 Å². The Balaban J connectivity index is 1.77. The largest absolute Gasteiger partial charge is 0.339 e. The molecule has 3 nitrogen and oxygen atoms in total. The molecule has 0 radical (unpaired) electrons. The van der Waals surface area contributed by atoms with E-state index in [9.17, 15) is 0 Å². The monoisotopic (exact) mass is 277 g/mol. The highest BCUT2D eigenvalue weighted by atomic mass is 79.9. The second-order valence-corrected chi connectivity index (χ2v) is 5.03. The van der Waals surface area contributed by atoms with Gasteiger partial charge in [0.25, 0.3) is 0 Å². The molecule has 4 heteroatoms. The van der Waals surface area contributed by atoms with Gasteiger partial charge in [-0.25, -0.2) is 0 Å². The highest BCUT2D eigenvalue weighted by molar-refractivity contribution is 9.10. The first kappa shape index (κ1) is 9.90. The molecule has 82 valence electrons. The van der Waals surface area contributed by atoms with Crippen molar-refractivity contribution in [2.24, 2.45) is 0 Å². The van der Waals surface area contributed by atoms with Gasteiger partial charge in [-0.1, -0.05) is 22.0 Å². The van der Waals surface area contributed by atoms with Crippen LogP contribution in [0.15, 0.2) is 34.8 Å². The molecule has 1 aromatic heterocycles. The van der Waals surface area contributed by atoms with Crippen molar-refractivity contribution in [3.05, 3.63) is 40.5 Å². The van der Waals surface area contributed by atoms with Crippen molar-refractivity contribution in [3.8, 4) is 0 Å². The van der Waals surface area contributed by atoms with Gasteiger partial charge in [0.05, 0.1) is 0 Å². The molecule has 1 fully saturated rings. The van der Waals surface area contributed by atoms with E-state index in [0.29, 0.717) is 5.92 Å². The standard InChI is InChI=1S/C12H12BrN3/c13-9-2-1-3-10(6-9)14-12-7-11(15-16-12)8-4-5-8/h1-3,6-8H,4-5H2,(H2,14,15,16). The van der Waals surface area contributed by atoms with E-state index in [-0.39, 0.29) is 0 Å². The summed E-state index contributed by atoms with van der Waals surface area (Å²) in [7, 11) is 0. The first-order chi connectivity index (χ1) is 7.81. The van der Waals surface area contributed by atoms with Gasteiger partial charge in [-0.3, -0.25) is 5.10 Å². The molecule has 0 spiro atoms. The first-order valence-electron chi connectivity index (χ1n) is 5.39. The lowest BCUT2D eigenvalue weighted by Crippen LogP contribution is -1.89. The molecule has 0 bridgehead atoms. The van der Waals surface area contributed by atoms with Crippen molar-refractivity contribution in [1.82, 2.24) is 10.2 Å². The molecule has 1 aromatic carbocycles. The quantitative estimate of drug-likeness (QED) is 0.896. The third kappa shape index (κ3) is 2.11. The van der Waals surface area contributed by atoms with Crippen molar-refractivity contribution in [2.45, 2.75) is 18.8 Å². The fraction of sp³-hybridized carbons (Fsp3) is 0.250. The lowest BCUT2D eigenvalue weighted by molar-refractivity contribution is 0.967. The molecule has 3 rings (SSSR count). The Morgan fingerprint density at radius 3 is 2.94 bits per heavy atom. The minimum atomic E-state index is 0.713. The van der Waals surface area contributed by atoms with E-state index in [1.807, 2.05) is 24.3 Å². The van der Waals surface area contributed by atoms with Crippen LogP contribution in [0.1, 0.15) is 24.5 Å². The molecule has 1 saturated carbocycles. The zero-order chi connectivity index (χ0) is 11.0. The van der Waals surface area contributed by atoms with Crippen LogP contribution in [0.2, 0.25) is 0 Å². The summed E-state index contributed by atoms with van der Waals surface area (Å²) in [5.41, 5.74) is 2.29. The highest BCUT2D eigenvalue weighted by Crippen LogP contribution is 2.39. The van der Waals surface area contributed by atoms with Crippen LogP contribution in [0.5, 0.6) is 0 Å². The summed E-state index contributed by atoms with van der Waals surface area (Å²) < 4.78 is 1.07. The van der Waals surface area contributed by atoms with Crippen molar-refractivity contribution in [2.75, 3.05) is 5.32 Å². The molecule has 2 aromatic rings. The van der Waals surface area contributed by atoms with Gasteiger partial charge in [0.2, 0.25) is 0 Å². The Morgan fingerprint density at radius 1 is 1.31 bits per heavy atom. The molecule has 1 aliphatic rings. The average molecular weight is 278 g/mol. The van der Waals surface area contributed by atoms with Gasteiger partial charge in [-0.2, -0.15) is 5.10 Å². The lowest BCUT2D eigenvalue weighted by atomic mass is 10.3. The summed E-state index contributed by atoms with van der Waals surface area (Å²) in [5, 5.41) is 10.6. The minimum absolute atomic E-state index is 0.713. The zero-order valence-electron chi connectivity index (χ0n) is 8.70. The molecule has 0 atom stereocenters. The van der Waals surface area contributed by atoms with E-state index >= 15 is 0 Å². The van der Waals surface area contributed by atoms with Crippen LogP contribution in [0.3, 0.4) is 0 Å². The number of H-pyrrole nitrogens is 1. The summed E-state index contributed by atoms with van der Waals surface area (Å²) in [6.45, 7) is 0. The Hall–Kier alpha value is -1.29. The van der Waals surface area contributed by atoms with Crippen LogP contribution in [0, 0.1) is 0 Å². The fourth-order valence-corrected chi connectivity index (χ4v) is 2.12. The zero-order valence-corrected chi connectivity index (χ0v) is 10.3. The predicted octanol–water partition coefficient (Wildman–Crippen LogP) is 3.79. The van der Waals surface area contributed by atoms with Crippen molar-refractivity contribution in [1.29, 1.82) is 0 Å². The molecule has 0 amide bonds. The summed E-state index contributed by atoms with van der Waals surface area (Å²) in [6.07, 6.45) is 2.58. The van der Waals surface area contributed by atoms with Gasteiger partial charge in [0.15, 0.2) is 5.82 Å². The van der Waals surface area contributed by atoms with Gasteiger partial charge < -0.3 is 5.32 Å². The Kier molecular flexibility index (Phi) is 2.44. The van der Waals surface area contributed by atoms with Crippen LogP contribution in [-0.2, 0) is 0 Å². The molecule has 1 heterocycles. The van der Waals surface area contributed by atoms with Crippen LogP contribution >= 0.6 is 15.9 Å². The number of benzene rings is 1. The average Bonchev–Trinajstić information content (AvgIpc) is 3.01. The number of aromatic amines is 1. The Morgan fingerprint density at radius 2 is 2.19 bits per heavy atom. The highest BCUT2D eigenvalue weighted by Gasteiger charge is 2.25. The molecule has 0 unspecified atom stereocenters. The van der Waals surface area contributed by atoms with E-state index in [2.05, 4.69) is 37.5 Å². The summed E-state index contributed by atoms with van der Waals surface area (Å²) in [4.78, 5) is 0. The van der Waals surface area contributed by atoms with Gasteiger partial charge in [0.1, 0.15) is 0 Å². The third-order valence-corrected chi connectivity index (χ3v) is 3.21. The number of anilines is 2. The minimum Gasteiger partial charge on any atom is -0.339 e. The maximum absolute atomic E-state index is 4.25. The van der Waals surface area contributed by atoms with Crippen LogP contribution < -0.4 is 5.32 Å². The molecular formula is C12H12BrN3. The molecule has 0 aliphatic heterocycles. The van der Waals surface area contributed by atoms with Gasteiger partial charge in [-0.15, -0.1) is 0 Å². The molecular weight excluding hydrogens is 266 g/mol. The first-order valence-corrected chi connectivity index (χ1v) is 6.18. The van der Waals surface area contributed by atoms with E-state index in [4.69, 9.17) is 0 Å². The number of hydrogen-bond acceptors (Lipinski definition) is 2. The second-order valence-electron chi connectivity index (χ2n) is 4.12. The Bertz CT molecular complexity index is 502. The number of nitrogens with zero attached hydrogens (tertiary/aromatic N) is 1. The number of halogens is 1. The van der Waals surface area contributed by atoms with E-state index in [0.717, 1.165) is 16.0 Å². The van der Waals surface area contributed by atoms with Crippen molar-refractivity contribution < 1.29 is 0 Å². The topological polar surface area (TPSA) is 40.7 Å². The summed E-state index contributed by atoms with van der Waals surface area (Å²) in [5.74, 6) is 1.60. The normalized spacial score (nSPS) is 15.1. The molecule has 2 N–H and O–H groups in total. The SMILES string of the molecule is Brc1cccc(Nc2cc(C3CC3)[nH]n2)c1. The molecule has 1 aliphatic carbocycles. The number of rotatable bonds is 3.